The summed E-state index contributed by atoms with van der Waals surface area (Å²) in [4.78, 5) is 39.2. The molecule has 0 unspecified atom stereocenters. The van der Waals surface area contributed by atoms with Crippen molar-refractivity contribution in [1.82, 2.24) is 9.47 Å². The van der Waals surface area contributed by atoms with Gasteiger partial charge in [-0.3, -0.25) is 14.4 Å². The zero-order valence-corrected chi connectivity index (χ0v) is 14.4. The highest BCUT2D eigenvalue weighted by atomic mass is 16.2. The van der Waals surface area contributed by atoms with E-state index in [0.29, 0.717) is 11.1 Å². The maximum Gasteiger partial charge on any atom is 0.274 e. The van der Waals surface area contributed by atoms with Gasteiger partial charge in [0.2, 0.25) is 0 Å². The van der Waals surface area contributed by atoms with Crippen LogP contribution < -0.4 is 10.9 Å². The Kier molecular flexibility index (Phi) is 4.70. The zero-order chi connectivity index (χ0) is 18.0. The summed E-state index contributed by atoms with van der Waals surface area (Å²) < 4.78 is 1.33. The Balaban J connectivity index is 1.91. The second-order valence-corrected chi connectivity index (χ2v) is 6.33. The number of nitrogens with zero attached hydrogens (tertiary/aromatic N) is 2. The first kappa shape index (κ1) is 17.0. The lowest BCUT2D eigenvalue weighted by Gasteiger charge is -2.16. The summed E-state index contributed by atoms with van der Waals surface area (Å²) in [5, 5.41) is 2.65. The van der Waals surface area contributed by atoms with Crippen LogP contribution in [0.4, 0.5) is 5.69 Å². The van der Waals surface area contributed by atoms with Crippen LogP contribution in [0.2, 0.25) is 0 Å². The molecule has 1 aromatic heterocycles. The first-order valence-electron chi connectivity index (χ1n) is 8.34. The van der Waals surface area contributed by atoms with Gasteiger partial charge in [-0.15, -0.1) is 0 Å². The van der Waals surface area contributed by atoms with Crippen LogP contribution in [0.15, 0.2) is 41.3 Å². The summed E-state index contributed by atoms with van der Waals surface area (Å²) in [7, 11) is 1.58. The predicted octanol–water partition coefficient (Wildman–Crippen LogP) is 2.18. The van der Waals surface area contributed by atoms with Gasteiger partial charge in [0.25, 0.3) is 17.4 Å². The molecular weight excluding hydrogens is 318 g/mol. The van der Waals surface area contributed by atoms with Crippen LogP contribution in [-0.2, 0) is 7.05 Å². The first-order valence-corrected chi connectivity index (χ1v) is 8.34. The molecule has 0 saturated carbocycles. The molecule has 1 aliphatic heterocycles. The molecule has 2 heterocycles. The summed E-state index contributed by atoms with van der Waals surface area (Å²) in [6.45, 7) is 3.29. The number of hydrogen-bond acceptors (Lipinski definition) is 3. The molecule has 0 aliphatic carbocycles. The highest BCUT2D eigenvalue weighted by Crippen LogP contribution is 2.15. The molecule has 1 aromatic carbocycles. The van der Waals surface area contributed by atoms with Gasteiger partial charge in [0.05, 0.1) is 5.56 Å². The molecule has 0 spiro atoms. The van der Waals surface area contributed by atoms with Crippen molar-refractivity contribution in [3.8, 4) is 0 Å². The molecule has 6 heteroatoms. The van der Waals surface area contributed by atoms with Crippen molar-refractivity contribution in [1.29, 1.82) is 0 Å². The number of hydrogen-bond donors (Lipinski definition) is 1. The molecule has 3 rings (SSSR count). The van der Waals surface area contributed by atoms with Crippen molar-refractivity contribution in [3.63, 3.8) is 0 Å². The molecule has 130 valence electrons. The zero-order valence-electron chi connectivity index (χ0n) is 14.4. The van der Waals surface area contributed by atoms with E-state index < -0.39 is 0 Å². The van der Waals surface area contributed by atoms with E-state index in [9.17, 15) is 14.4 Å². The Morgan fingerprint density at radius 1 is 1.12 bits per heavy atom. The number of aromatic nitrogens is 1. The third-order valence-corrected chi connectivity index (χ3v) is 4.46. The lowest BCUT2D eigenvalue weighted by molar-refractivity contribution is 0.0791. The van der Waals surface area contributed by atoms with E-state index in [-0.39, 0.29) is 23.1 Å². The van der Waals surface area contributed by atoms with Crippen LogP contribution >= 0.6 is 0 Å². The number of carbonyl (C=O) groups is 2. The quantitative estimate of drug-likeness (QED) is 0.932. The molecule has 1 N–H and O–H groups in total. The van der Waals surface area contributed by atoms with Crippen molar-refractivity contribution >= 4 is 17.5 Å². The van der Waals surface area contributed by atoms with Gasteiger partial charge in [0.1, 0.15) is 5.69 Å². The molecule has 2 aromatic rings. The van der Waals surface area contributed by atoms with Crippen molar-refractivity contribution < 1.29 is 9.59 Å². The van der Waals surface area contributed by atoms with Gasteiger partial charge in [0, 0.05) is 31.9 Å². The van der Waals surface area contributed by atoms with Gasteiger partial charge in [-0.25, -0.2) is 0 Å². The molecule has 1 aliphatic rings. The van der Waals surface area contributed by atoms with Crippen molar-refractivity contribution in [3.05, 3.63) is 63.6 Å². The fourth-order valence-corrected chi connectivity index (χ4v) is 3.04. The monoisotopic (exact) mass is 339 g/mol. The summed E-state index contributed by atoms with van der Waals surface area (Å²) in [6.07, 6.45) is 3.51. The highest BCUT2D eigenvalue weighted by Gasteiger charge is 2.21. The van der Waals surface area contributed by atoms with Crippen molar-refractivity contribution in [2.45, 2.75) is 19.8 Å². The number of aryl methyl sites for hydroxylation is 2. The topological polar surface area (TPSA) is 71.4 Å². The average Bonchev–Trinajstić information content (AvgIpc) is 3.13. The summed E-state index contributed by atoms with van der Waals surface area (Å²) in [5.41, 5.74) is 1.49. The van der Waals surface area contributed by atoms with Gasteiger partial charge in [-0.1, -0.05) is 18.2 Å². The number of pyridine rings is 1. The van der Waals surface area contributed by atoms with Crippen LogP contribution in [0, 0.1) is 6.92 Å². The predicted molar refractivity (Wildman–Crippen MR) is 96.0 cm³/mol. The Bertz CT molecular complexity index is 880. The number of amides is 2. The molecule has 6 nitrogen and oxygen atoms in total. The fourth-order valence-electron chi connectivity index (χ4n) is 3.04. The smallest absolute Gasteiger partial charge is 0.274 e. The minimum absolute atomic E-state index is 0.112. The summed E-state index contributed by atoms with van der Waals surface area (Å²) in [5.74, 6) is -0.472. The number of anilines is 1. The van der Waals surface area contributed by atoms with Gasteiger partial charge < -0.3 is 14.8 Å². The molecule has 1 fully saturated rings. The lowest BCUT2D eigenvalue weighted by Crippen LogP contribution is -2.31. The number of rotatable bonds is 3. The van der Waals surface area contributed by atoms with E-state index in [1.807, 2.05) is 19.1 Å². The van der Waals surface area contributed by atoms with Crippen LogP contribution in [0.25, 0.3) is 0 Å². The molecule has 0 atom stereocenters. The Morgan fingerprint density at radius 3 is 2.48 bits per heavy atom. The van der Waals surface area contributed by atoms with Crippen LogP contribution in [0.1, 0.15) is 39.1 Å². The minimum Gasteiger partial charge on any atom is -0.339 e. The highest BCUT2D eigenvalue weighted by molar-refractivity contribution is 6.05. The number of benzene rings is 1. The fraction of sp³-hybridized carbons (Fsp3) is 0.316. The maximum absolute atomic E-state index is 12.6. The minimum atomic E-state index is -0.360. The number of nitrogens with one attached hydrogen (secondary N) is 1. The third kappa shape index (κ3) is 3.47. The largest absolute Gasteiger partial charge is 0.339 e. The van der Waals surface area contributed by atoms with Crippen molar-refractivity contribution in [2.24, 2.45) is 7.05 Å². The third-order valence-electron chi connectivity index (χ3n) is 4.46. The van der Waals surface area contributed by atoms with E-state index in [1.54, 1.807) is 24.1 Å². The van der Waals surface area contributed by atoms with E-state index in [2.05, 4.69) is 5.32 Å². The molecule has 0 radical (unpaired) electrons. The van der Waals surface area contributed by atoms with Crippen molar-refractivity contribution in [2.75, 3.05) is 18.4 Å². The summed E-state index contributed by atoms with van der Waals surface area (Å²) in [6, 6.07) is 8.63. The Labute approximate surface area is 146 Å². The number of carbonyl (C=O) groups excluding carboxylic acids is 2. The number of likely N-dealkylation sites (tertiary alicyclic amines) is 1. The van der Waals surface area contributed by atoms with E-state index in [4.69, 9.17) is 0 Å². The van der Waals surface area contributed by atoms with Gasteiger partial charge >= 0.3 is 0 Å². The maximum atomic E-state index is 12.6. The molecule has 1 saturated heterocycles. The van der Waals surface area contributed by atoms with Crippen LogP contribution in [-0.4, -0.2) is 34.4 Å². The van der Waals surface area contributed by atoms with Gasteiger partial charge in [-0.05, 0) is 37.5 Å². The van der Waals surface area contributed by atoms with Gasteiger partial charge in [0.15, 0.2) is 0 Å². The second-order valence-electron chi connectivity index (χ2n) is 6.33. The molecule has 25 heavy (non-hydrogen) atoms. The first-order chi connectivity index (χ1) is 12.0. The van der Waals surface area contributed by atoms with Crippen LogP contribution in [0.3, 0.4) is 0 Å². The van der Waals surface area contributed by atoms with E-state index in [0.717, 1.165) is 31.5 Å². The molecule has 0 bridgehead atoms. The van der Waals surface area contributed by atoms with E-state index in [1.165, 1.54) is 16.8 Å². The summed E-state index contributed by atoms with van der Waals surface area (Å²) >= 11 is 0. The average molecular weight is 339 g/mol. The molecule has 2 amide bonds. The normalized spacial score (nSPS) is 13.8. The van der Waals surface area contributed by atoms with Crippen LogP contribution in [0.5, 0.6) is 0 Å². The van der Waals surface area contributed by atoms with E-state index >= 15 is 0 Å². The lowest BCUT2D eigenvalue weighted by atomic mass is 10.1. The Morgan fingerprint density at radius 2 is 1.80 bits per heavy atom. The standard InChI is InChI=1S/C19H21N3O3/c1-13-7-3-4-8-15(13)17(23)20-16-11-14(12-21(2)19(16)25)18(24)22-9-5-6-10-22/h3-4,7-8,11-12H,5-6,9-10H2,1-2H3,(H,20,23). The van der Waals surface area contributed by atoms with Gasteiger partial charge in [-0.2, -0.15) is 0 Å². The molecular formula is C19H21N3O3. The SMILES string of the molecule is Cc1ccccc1C(=O)Nc1cc(C(=O)N2CCCC2)cn(C)c1=O. The Hall–Kier alpha value is -2.89. The second kappa shape index (κ2) is 6.93.